The molecule has 0 spiro atoms. The molecule has 1 aliphatic carbocycles. The van der Waals surface area contributed by atoms with E-state index in [2.05, 4.69) is 0 Å². The van der Waals surface area contributed by atoms with Gasteiger partial charge in [-0.25, -0.2) is 0 Å². The van der Waals surface area contributed by atoms with Crippen molar-refractivity contribution < 1.29 is 5.11 Å². The van der Waals surface area contributed by atoms with Gasteiger partial charge < -0.3 is 10.8 Å². The molecule has 1 saturated carbocycles. The molecule has 1 fully saturated rings. The summed E-state index contributed by atoms with van der Waals surface area (Å²) in [6.45, 7) is 0. The molecular formula is C6H13NOS. The second kappa shape index (κ2) is 2.90. The molecule has 0 aromatic carbocycles. The zero-order valence-corrected chi connectivity index (χ0v) is 6.40. The van der Waals surface area contributed by atoms with Crippen molar-refractivity contribution in [1.29, 1.82) is 0 Å². The van der Waals surface area contributed by atoms with Gasteiger partial charge in [0.1, 0.15) is 0 Å². The van der Waals surface area contributed by atoms with Gasteiger partial charge in [-0.05, 0) is 19.1 Å². The van der Waals surface area contributed by atoms with Crippen molar-refractivity contribution in [2.75, 3.05) is 6.26 Å². The van der Waals surface area contributed by atoms with Crippen molar-refractivity contribution in [1.82, 2.24) is 0 Å². The highest BCUT2D eigenvalue weighted by molar-refractivity contribution is 7.99. The van der Waals surface area contributed by atoms with Crippen LogP contribution in [0.4, 0.5) is 0 Å². The predicted molar refractivity (Wildman–Crippen MR) is 40.5 cm³/mol. The van der Waals surface area contributed by atoms with Crippen LogP contribution in [0, 0.1) is 0 Å². The molecule has 3 N–H and O–H groups in total. The molecule has 0 unspecified atom stereocenters. The van der Waals surface area contributed by atoms with Gasteiger partial charge in [0.05, 0.1) is 6.10 Å². The summed E-state index contributed by atoms with van der Waals surface area (Å²) in [5.74, 6) is 0. The van der Waals surface area contributed by atoms with E-state index in [-0.39, 0.29) is 12.1 Å². The first-order valence-corrected chi connectivity index (χ1v) is 4.49. The molecule has 9 heavy (non-hydrogen) atoms. The third-order valence-corrected chi connectivity index (χ3v) is 2.92. The average molecular weight is 147 g/mol. The van der Waals surface area contributed by atoms with Crippen LogP contribution in [-0.2, 0) is 0 Å². The van der Waals surface area contributed by atoms with Gasteiger partial charge in [0.25, 0.3) is 0 Å². The highest BCUT2D eigenvalue weighted by Crippen LogP contribution is 2.27. The number of rotatable bonds is 1. The molecular weight excluding hydrogens is 134 g/mol. The summed E-state index contributed by atoms with van der Waals surface area (Å²) in [7, 11) is 0. The van der Waals surface area contributed by atoms with E-state index in [1.807, 2.05) is 6.26 Å². The fraction of sp³-hybridized carbons (Fsp3) is 1.00. The third-order valence-electron chi connectivity index (χ3n) is 1.81. The maximum atomic E-state index is 9.26. The van der Waals surface area contributed by atoms with Crippen molar-refractivity contribution >= 4 is 11.8 Å². The van der Waals surface area contributed by atoms with Gasteiger partial charge in [-0.1, -0.05) is 0 Å². The summed E-state index contributed by atoms with van der Waals surface area (Å²) >= 11 is 1.71. The van der Waals surface area contributed by atoms with Crippen LogP contribution in [-0.4, -0.2) is 28.8 Å². The first-order valence-electron chi connectivity index (χ1n) is 3.20. The number of hydrogen-bond acceptors (Lipinski definition) is 3. The van der Waals surface area contributed by atoms with Crippen molar-refractivity contribution in [3.05, 3.63) is 0 Å². The van der Waals surface area contributed by atoms with Gasteiger partial charge >= 0.3 is 0 Å². The van der Waals surface area contributed by atoms with E-state index in [1.165, 1.54) is 0 Å². The Bertz CT molecular complexity index is 99.1. The first kappa shape index (κ1) is 7.38. The SMILES string of the molecule is CS[C@@H]1C[C@H](N)C[C@H]1O. The summed E-state index contributed by atoms with van der Waals surface area (Å²) in [5, 5.41) is 9.65. The largest absolute Gasteiger partial charge is 0.392 e. The fourth-order valence-corrected chi connectivity index (χ4v) is 2.13. The minimum Gasteiger partial charge on any atom is -0.392 e. The number of aliphatic hydroxyl groups is 1. The summed E-state index contributed by atoms with van der Waals surface area (Å²) < 4.78 is 0. The quantitative estimate of drug-likeness (QED) is 0.557. The van der Waals surface area contributed by atoms with Gasteiger partial charge in [-0.2, -0.15) is 11.8 Å². The molecule has 0 heterocycles. The Hall–Kier alpha value is 0.270. The molecule has 0 bridgehead atoms. The molecule has 0 amide bonds. The van der Waals surface area contributed by atoms with E-state index in [1.54, 1.807) is 11.8 Å². The molecule has 3 atom stereocenters. The number of aliphatic hydroxyl groups excluding tert-OH is 1. The molecule has 1 aliphatic rings. The van der Waals surface area contributed by atoms with Crippen LogP contribution in [0.3, 0.4) is 0 Å². The summed E-state index contributed by atoms with van der Waals surface area (Å²) in [6, 6.07) is 0.234. The smallest absolute Gasteiger partial charge is 0.0674 e. The molecule has 0 aliphatic heterocycles. The number of hydrogen-bond donors (Lipinski definition) is 2. The van der Waals surface area contributed by atoms with Crippen molar-refractivity contribution in [3.63, 3.8) is 0 Å². The molecule has 1 rings (SSSR count). The van der Waals surface area contributed by atoms with Crippen LogP contribution >= 0.6 is 11.8 Å². The lowest BCUT2D eigenvalue weighted by molar-refractivity contribution is 0.186. The van der Waals surface area contributed by atoms with E-state index < -0.39 is 0 Å². The molecule has 2 nitrogen and oxygen atoms in total. The normalized spacial score (nSPS) is 43.7. The van der Waals surface area contributed by atoms with Crippen LogP contribution in [0.1, 0.15) is 12.8 Å². The third kappa shape index (κ3) is 1.60. The second-order valence-electron chi connectivity index (χ2n) is 2.57. The Morgan fingerprint density at radius 2 is 2.22 bits per heavy atom. The second-order valence-corrected chi connectivity index (χ2v) is 3.65. The summed E-state index contributed by atoms with van der Waals surface area (Å²) in [5.41, 5.74) is 5.62. The summed E-state index contributed by atoms with van der Waals surface area (Å²) in [6.07, 6.45) is 3.62. The zero-order chi connectivity index (χ0) is 6.85. The summed E-state index contributed by atoms with van der Waals surface area (Å²) in [4.78, 5) is 0. The molecule has 0 saturated heterocycles. The zero-order valence-electron chi connectivity index (χ0n) is 5.58. The minimum atomic E-state index is -0.157. The number of nitrogens with two attached hydrogens (primary N) is 1. The van der Waals surface area contributed by atoms with Crippen LogP contribution in [0.15, 0.2) is 0 Å². The van der Waals surface area contributed by atoms with Crippen molar-refractivity contribution in [2.45, 2.75) is 30.2 Å². The van der Waals surface area contributed by atoms with Gasteiger partial charge in [0.15, 0.2) is 0 Å². The van der Waals surface area contributed by atoms with Crippen LogP contribution in [0.25, 0.3) is 0 Å². The molecule has 0 aromatic heterocycles. The van der Waals surface area contributed by atoms with Crippen LogP contribution in [0.5, 0.6) is 0 Å². The Kier molecular flexibility index (Phi) is 2.38. The van der Waals surface area contributed by atoms with Gasteiger partial charge in [0.2, 0.25) is 0 Å². The van der Waals surface area contributed by atoms with E-state index >= 15 is 0 Å². The monoisotopic (exact) mass is 147 g/mol. The predicted octanol–water partition coefficient (Wildman–Crippen LogP) is 0.200. The minimum absolute atomic E-state index is 0.157. The maximum Gasteiger partial charge on any atom is 0.0674 e. The van der Waals surface area contributed by atoms with Gasteiger partial charge in [-0.3, -0.25) is 0 Å². The van der Waals surface area contributed by atoms with Crippen LogP contribution in [0.2, 0.25) is 0 Å². The first-order chi connectivity index (χ1) is 4.24. The Balaban J connectivity index is 2.38. The highest BCUT2D eigenvalue weighted by Gasteiger charge is 2.29. The molecule has 0 radical (unpaired) electrons. The molecule has 3 heteroatoms. The average Bonchev–Trinajstić information content (AvgIpc) is 2.10. The van der Waals surface area contributed by atoms with E-state index in [4.69, 9.17) is 5.73 Å². The fourth-order valence-electron chi connectivity index (χ4n) is 1.27. The Labute approximate surface area is 59.8 Å². The van der Waals surface area contributed by atoms with Crippen molar-refractivity contribution in [3.8, 4) is 0 Å². The molecule has 54 valence electrons. The Morgan fingerprint density at radius 3 is 2.44 bits per heavy atom. The van der Waals surface area contributed by atoms with E-state index in [0.29, 0.717) is 5.25 Å². The van der Waals surface area contributed by atoms with Crippen molar-refractivity contribution in [2.24, 2.45) is 5.73 Å². The van der Waals surface area contributed by atoms with E-state index in [0.717, 1.165) is 12.8 Å². The lowest BCUT2D eigenvalue weighted by atomic mass is 10.3. The van der Waals surface area contributed by atoms with E-state index in [9.17, 15) is 5.11 Å². The standard InChI is InChI=1S/C6H13NOS/c1-9-6-3-4(7)2-5(6)8/h4-6,8H,2-3,7H2,1H3/t4-,5-,6-/m1/s1. The topological polar surface area (TPSA) is 46.2 Å². The number of thioether (sulfide) groups is 1. The highest BCUT2D eigenvalue weighted by atomic mass is 32.2. The van der Waals surface area contributed by atoms with Gasteiger partial charge in [0, 0.05) is 11.3 Å². The van der Waals surface area contributed by atoms with Crippen LogP contribution < -0.4 is 5.73 Å². The molecule has 0 aromatic rings. The Morgan fingerprint density at radius 1 is 1.56 bits per heavy atom. The van der Waals surface area contributed by atoms with Gasteiger partial charge in [-0.15, -0.1) is 0 Å². The lowest BCUT2D eigenvalue weighted by Gasteiger charge is -2.08. The maximum absolute atomic E-state index is 9.26. The lowest BCUT2D eigenvalue weighted by Crippen LogP contribution is -2.15.